The topological polar surface area (TPSA) is 98.9 Å². The fourth-order valence-corrected chi connectivity index (χ4v) is 4.44. The van der Waals surface area contributed by atoms with Crippen molar-refractivity contribution in [1.82, 2.24) is 0 Å². The Labute approximate surface area is 169 Å². The van der Waals surface area contributed by atoms with Crippen LogP contribution in [0.15, 0.2) is 47.0 Å². The van der Waals surface area contributed by atoms with Gasteiger partial charge in [0.15, 0.2) is 11.2 Å². The molecule has 2 aliphatic heterocycles. The molecule has 4 rings (SSSR count). The molecule has 1 aromatic rings. The molecule has 0 saturated heterocycles. The van der Waals surface area contributed by atoms with Gasteiger partial charge in [-0.15, -0.1) is 0 Å². The van der Waals surface area contributed by atoms with Crippen LogP contribution in [0.1, 0.15) is 44.6 Å². The van der Waals surface area contributed by atoms with Gasteiger partial charge in [0.05, 0.1) is 12.2 Å². The lowest BCUT2D eigenvalue weighted by molar-refractivity contribution is -0.146. The van der Waals surface area contributed by atoms with Crippen molar-refractivity contribution in [3.63, 3.8) is 0 Å². The summed E-state index contributed by atoms with van der Waals surface area (Å²) in [5.74, 6) is -1.11. The van der Waals surface area contributed by atoms with E-state index < -0.39 is 17.4 Å². The Kier molecular flexibility index (Phi) is 4.68. The van der Waals surface area contributed by atoms with Gasteiger partial charge in [-0.25, -0.2) is 9.59 Å². The molecular formula is C22H24N2O5. The largest absolute Gasteiger partial charge is 0.462 e. The van der Waals surface area contributed by atoms with Crippen molar-refractivity contribution in [2.24, 2.45) is 5.73 Å². The molecule has 29 heavy (non-hydrogen) atoms. The molecule has 2 N–H and O–H groups in total. The summed E-state index contributed by atoms with van der Waals surface area (Å²) in [4.78, 5) is 41.2. The summed E-state index contributed by atoms with van der Waals surface area (Å²) in [5, 5.41) is 0. The summed E-state index contributed by atoms with van der Waals surface area (Å²) in [5.41, 5.74) is 6.09. The van der Waals surface area contributed by atoms with Crippen LogP contribution >= 0.6 is 0 Å². The Morgan fingerprint density at radius 2 is 2.03 bits per heavy atom. The monoisotopic (exact) mass is 396 g/mol. The number of hydrogen-bond acceptors (Lipinski definition) is 7. The number of nitrogens with zero attached hydrogens (tertiary/aromatic N) is 1. The van der Waals surface area contributed by atoms with Gasteiger partial charge in [-0.3, -0.25) is 4.79 Å². The molecule has 0 unspecified atom stereocenters. The first-order valence-corrected chi connectivity index (χ1v) is 9.94. The zero-order chi connectivity index (χ0) is 20.8. The standard InChI is InChI=1S/C22H24N2O5/c1-3-4-12-28-20(26)18-19(23)24(2)14-9-6-5-8-13(14)22(18)17-15(25)10-7-11-16(17)29-21(22)27/h5-6,8-9H,3-4,7,10-12,23H2,1-2H3/t22-/m1/s1. The maximum absolute atomic E-state index is 13.4. The van der Waals surface area contributed by atoms with Gasteiger partial charge >= 0.3 is 11.9 Å². The number of allylic oxidation sites excluding steroid dienone is 1. The van der Waals surface area contributed by atoms with Crippen LogP contribution in [0.3, 0.4) is 0 Å². The van der Waals surface area contributed by atoms with E-state index in [1.807, 2.05) is 19.1 Å². The summed E-state index contributed by atoms with van der Waals surface area (Å²) < 4.78 is 11.0. The molecule has 7 nitrogen and oxygen atoms in total. The SMILES string of the molecule is CCCCOC(=O)C1=C(N)N(C)c2ccccc2[C@]12C(=O)OC1=C2C(=O)CCC1. The van der Waals surface area contributed by atoms with Gasteiger partial charge < -0.3 is 20.1 Å². The number of Topliss-reactive ketones (excluding diaryl/α,β-unsaturated/α-hetero) is 1. The minimum absolute atomic E-state index is 0.0277. The quantitative estimate of drug-likeness (QED) is 0.616. The van der Waals surface area contributed by atoms with E-state index in [0.29, 0.717) is 42.7 Å². The van der Waals surface area contributed by atoms with Crippen LogP contribution in [-0.4, -0.2) is 31.4 Å². The fourth-order valence-electron chi connectivity index (χ4n) is 4.44. The van der Waals surface area contributed by atoms with Crippen LogP contribution < -0.4 is 10.6 Å². The van der Waals surface area contributed by atoms with Crippen molar-refractivity contribution in [3.8, 4) is 0 Å². The Morgan fingerprint density at radius 3 is 2.79 bits per heavy atom. The zero-order valence-corrected chi connectivity index (χ0v) is 16.6. The first-order valence-electron chi connectivity index (χ1n) is 9.94. The molecule has 0 fully saturated rings. The molecule has 1 aromatic carbocycles. The Bertz CT molecular complexity index is 977. The molecule has 0 bridgehead atoms. The number of unbranched alkanes of at least 4 members (excludes halogenated alkanes) is 1. The third-order valence-corrected chi connectivity index (χ3v) is 5.86. The molecule has 0 amide bonds. The van der Waals surface area contributed by atoms with E-state index in [2.05, 4.69) is 0 Å². The second-order valence-electron chi connectivity index (χ2n) is 7.54. The molecule has 0 saturated carbocycles. The zero-order valence-electron chi connectivity index (χ0n) is 16.6. The van der Waals surface area contributed by atoms with Crippen molar-refractivity contribution in [2.45, 2.75) is 44.4 Å². The maximum Gasteiger partial charge on any atom is 0.339 e. The highest BCUT2D eigenvalue weighted by atomic mass is 16.5. The summed E-state index contributed by atoms with van der Waals surface area (Å²) >= 11 is 0. The average Bonchev–Trinajstić information content (AvgIpc) is 3.00. The third-order valence-electron chi connectivity index (χ3n) is 5.86. The first kappa shape index (κ1) is 19.2. The minimum Gasteiger partial charge on any atom is -0.462 e. The number of rotatable bonds is 4. The maximum atomic E-state index is 13.4. The molecule has 152 valence electrons. The Morgan fingerprint density at radius 1 is 1.28 bits per heavy atom. The summed E-state index contributed by atoms with van der Waals surface area (Å²) in [6.07, 6.45) is 2.93. The Balaban J connectivity index is 1.99. The normalized spacial score (nSPS) is 23.3. The van der Waals surface area contributed by atoms with Crippen molar-refractivity contribution < 1.29 is 23.9 Å². The van der Waals surface area contributed by atoms with Crippen LogP contribution in [0.25, 0.3) is 0 Å². The van der Waals surface area contributed by atoms with Crippen LogP contribution in [0, 0.1) is 0 Å². The van der Waals surface area contributed by atoms with E-state index >= 15 is 0 Å². The van der Waals surface area contributed by atoms with Gasteiger partial charge in [0, 0.05) is 31.1 Å². The summed E-state index contributed by atoms with van der Waals surface area (Å²) in [6, 6.07) is 7.15. The predicted molar refractivity (Wildman–Crippen MR) is 106 cm³/mol. The fraction of sp³-hybridized carbons (Fsp3) is 0.409. The molecule has 1 atom stereocenters. The van der Waals surface area contributed by atoms with Crippen molar-refractivity contribution in [3.05, 3.63) is 52.6 Å². The Hall–Kier alpha value is -3.09. The van der Waals surface area contributed by atoms with Gasteiger partial charge in [-0.1, -0.05) is 31.5 Å². The number of carbonyl (C=O) groups is 3. The number of carbonyl (C=O) groups excluding carboxylic acids is 3. The molecule has 1 spiro atoms. The predicted octanol–water partition coefficient (Wildman–Crippen LogP) is 2.45. The van der Waals surface area contributed by atoms with Crippen molar-refractivity contribution in [2.75, 3.05) is 18.6 Å². The van der Waals surface area contributed by atoms with E-state index in [4.69, 9.17) is 15.2 Å². The number of ether oxygens (including phenoxy) is 2. The number of nitrogens with two attached hydrogens (primary N) is 1. The van der Waals surface area contributed by atoms with E-state index in [0.717, 1.165) is 6.42 Å². The molecule has 7 heteroatoms. The van der Waals surface area contributed by atoms with Crippen molar-refractivity contribution >= 4 is 23.4 Å². The highest BCUT2D eigenvalue weighted by molar-refractivity contribution is 6.17. The second-order valence-corrected chi connectivity index (χ2v) is 7.54. The van der Waals surface area contributed by atoms with Crippen LogP contribution in [0.4, 0.5) is 5.69 Å². The highest BCUT2D eigenvalue weighted by Crippen LogP contribution is 2.55. The van der Waals surface area contributed by atoms with E-state index in [9.17, 15) is 14.4 Å². The molecule has 0 radical (unpaired) electrons. The molecule has 0 aromatic heterocycles. The number of benzene rings is 1. The van der Waals surface area contributed by atoms with Gasteiger partial charge in [-0.05, 0) is 18.9 Å². The van der Waals surface area contributed by atoms with Gasteiger partial charge in [-0.2, -0.15) is 0 Å². The lowest BCUT2D eigenvalue weighted by Crippen LogP contribution is -2.49. The number of ketones is 1. The average molecular weight is 396 g/mol. The summed E-state index contributed by atoms with van der Waals surface area (Å²) in [7, 11) is 1.72. The first-order chi connectivity index (χ1) is 13.9. The summed E-state index contributed by atoms with van der Waals surface area (Å²) in [6.45, 7) is 2.20. The molecule has 1 aliphatic carbocycles. The number of esters is 2. The minimum atomic E-state index is -1.68. The van der Waals surface area contributed by atoms with Gasteiger partial charge in [0.1, 0.15) is 17.2 Å². The van der Waals surface area contributed by atoms with Crippen molar-refractivity contribution in [1.29, 1.82) is 0 Å². The number of fused-ring (bicyclic) bond motifs is 3. The lowest BCUT2D eigenvalue weighted by atomic mass is 9.64. The number of hydrogen-bond donors (Lipinski definition) is 1. The number of para-hydroxylation sites is 1. The van der Waals surface area contributed by atoms with E-state index in [1.165, 1.54) is 0 Å². The lowest BCUT2D eigenvalue weighted by Gasteiger charge is -2.40. The van der Waals surface area contributed by atoms with Crippen LogP contribution in [-0.2, 0) is 29.3 Å². The molecular weight excluding hydrogens is 372 g/mol. The van der Waals surface area contributed by atoms with Crippen LogP contribution in [0.5, 0.6) is 0 Å². The van der Waals surface area contributed by atoms with Gasteiger partial charge in [0.2, 0.25) is 0 Å². The van der Waals surface area contributed by atoms with Crippen LogP contribution in [0.2, 0.25) is 0 Å². The highest BCUT2D eigenvalue weighted by Gasteiger charge is 2.63. The van der Waals surface area contributed by atoms with Gasteiger partial charge in [0.25, 0.3) is 0 Å². The smallest absolute Gasteiger partial charge is 0.339 e. The molecule has 2 heterocycles. The molecule has 3 aliphatic rings. The number of anilines is 1. The second kappa shape index (κ2) is 7.06. The van der Waals surface area contributed by atoms with E-state index in [1.54, 1.807) is 24.1 Å². The van der Waals surface area contributed by atoms with E-state index in [-0.39, 0.29) is 29.4 Å². The third kappa shape index (κ3) is 2.60.